The average molecular weight is 310 g/mol. The third-order valence-corrected chi connectivity index (χ3v) is 4.40. The number of benzene rings is 2. The summed E-state index contributed by atoms with van der Waals surface area (Å²) in [5, 5.41) is 0. The molecule has 2 aromatic carbocycles. The molecule has 0 unspecified atom stereocenters. The first-order valence-corrected chi connectivity index (χ1v) is 7.80. The second-order valence-corrected chi connectivity index (χ2v) is 5.80. The molecule has 1 heterocycles. The fourth-order valence-corrected chi connectivity index (χ4v) is 3.13. The van der Waals surface area contributed by atoms with Gasteiger partial charge in [0.1, 0.15) is 23.4 Å². The number of fused-ring (bicyclic) bond motifs is 1. The van der Waals surface area contributed by atoms with Crippen molar-refractivity contribution in [3.05, 3.63) is 65.7 Å². The van der Waals surface area contributed by atoms with Gasteiger partial charge in [-0.3, -0.25) is 0 Å². The monoisotopic (exact) mass is 310 g/mol. The molecular weight excluding hydrogens is 288 g/mol. The van der Waals surface area contributed by atoms with Crippen LogP contribution in [0.1, 0.15) is 35.6 Å². The lowest BCUT2D eigenvalue weighted by Gasteiger charge is -2.16. The van der Waals surface area contributed by atoms with E-state index in [1.807, 2.05) is 24.3 Å². The van der Waals surface area contributed by atoms with Gasteiger partial charge in [-0.1, -0.05) is 25.1 Å². The molecule has 1 aliphatic rings. The van der Waals surface area contributed by atoms with Gasteiger partial charge in [-0.15, -0.1) is 6.58 Å². The number of methoxy groups -OCH3 is 2. The summed E-state index contributed by atoms with van der Waals surface area (Å²) in [6.45, 7) is 6.03. The Morgan fingerprint density at radius 1 is 1.09 bits per heavy atom. The van der Waals surface area contributed by atoms with Crippen LogP contribution < -0.4 is 14.2 Å². The zero-order chi connectivity index (χ0) is 16.4. The van der Waals surface area contributed by atoms with Gasteiger partial charge in [0.05, 0.1) is 14.2 Å². The standard InChI is InChI=1S/C20H22O3/c1-5-6-15-11-17(22-4)12-18-13(2)19(23-20(15)18)14-7-9-16(21-3)10-8-14/h5,7-13,19H,1,6H2,2-4H3/t13-,19-/m0/s1. The molecule has 3 nitrogen and oxygen atoms in total. The fraction of sp³-hybridized carbons (Fsp3) is 0.300. The van der Waals surface area contributed by atoms with E-state index in [0.717, 1.165) is 34.8 Å². The summed E-state index contributed by atoms with van der Waals surface area (Å²) in [5.41, 5.74) is 3.47. The van der Waals surface area contributed by atoms with Crippen molar-refractivity contribution >= 4 is 0 Å². The zero-order valence-corrected chi connectivity index (χ0v) is 13.8. The lowest BCUT2D eigenvalue weighted by atomic mass is 9.91. The highest BCUT2D eigenvalue weighted by Gasteiger charge is 2.34. The second kappa shape index (κ2) is 6.37. The molecule has 0 amide bonds. The first-order chi connectivity index (χ1) is 11.2. The minimum absolute atomic E-state index is 0.00609. The van der Waals surface area contributed by atoms with Crippen LogP contribution in [0.2, 0.25) is 0 Å². The van der Waals surface area contributed by atoms with Crippen molar-refractivity contribution in [2.75, 3.05) is 14.2 Å². The van der Waals surface area contributed by atoms with Crippen molar-refractivity contribution in [1.29, 1.82) is 0 Å². The lowest BCUT2D eigenvalue weighted by Crippen LogP contribution is -2.07. The van der Waals surface area contributed by atoms with Gasteiger partial charge in [-0.2, -0.15) is 0 Å². The van der Waals surface area contributed by atoms with Crippen LogP contribution in [0, 0.1) is 0 Å². The quantitative estimate of drug-likeness (QED) is 0.751. The van der Waals surface area contributed by atoms with Crippen molar-refractivity contribution in [3.8, 4) is 17.2 Å². The largest absolute Gasteiger partial charge is 0.497 e. The van der Waals surface area contributed by atoms with E-state index in [9.17, 15) is 0 Å². The van der Waals surface area contributed by atoms with E-state index < -0.39 is 0 Å². The average Bonchev–Trinajstić information content (AvgIpc) is 2.92. The fourth-order valence-electron chi connectivity index (χ4n) is 3.13. The molecule has 0 aromatic heterocycles. The molecule has 0 aliphatic carbocycles. The van der Waals surface area contributed by atoms with Crippen LogP contribution in [0.5, 0.6) is 17.2 Å². The van der Waals surface area contributed by atoms with Crippen LogP contribution in [-0.2, 0) is 6.42 Å². The molecule has 3 heteroatoms. The maximum atomic E-state index is 6.32. The number of hydrogen-bond donors (Lipinski definition) is 0. The van der Waals surface area contributed by atoms with Crippen LogP contribution in [0.3, 0.4) is 0 Å². The maximum absolute atomic E-state index is 6.32. The van der Waals surface area contributed by atoms with Gasteiger partial charge < -0.3 is 14.2 Å². The molecule has 0 saturated carbocycles. The Hall–Kier alpha value is -2.42. The van der Waals surface area contributed by atoms with Gasteiger partial charge in [0.2, 0.25) is 0 Å². The Morgan fingerprint density at radius 2 is 1.78 bits per heavy atom. The van der Waals surface area contributed by atoms with E-state index >= 15 is 0 Å². The van der Waals surface area contributed by atoms with E-state index in [1.54, 1.807) is 14.2 Å². The van der Waals surface area contributed by atoms with E-state index in [1.165, 1.54) is 5.56 Å². The third-order valence-electron chi connectivity index (χ3n) is 4.40. The lowest BCUT2D eigenvalue weighted by molar-refractivity contribution is 0.214. The molecule has 2 atom stereocenters. The summed E-state index contributed by atoms with van der Waals surface area (Å²) in [6.07, 6.45) is 2.66. The third kappa shape index (κ3) is 2.79. The first-order valence-electron chi connectivity index (χ1n) is 7.80. The van der Waals surface area contributed by atoms with Gasteiger partial charge in [-0.25, -0.2) is 0 Å². The molecule has 23 heavy (non-hydrogen) atoms. The van der Waals surface area contributed by atoms with Gasteiger partial charge >= 0.3 is 0 Å². The van der Waals surface area contributed by atoms with Crippen LogP contribution in [0.15, 0.2) is 49.1 Å². The van der Waals surface area contributed by atoms with Crippen molar-refractivity contribution in [1.82, 2.24) is 0 Å². The highest BCUT2D eigenvalue weighted by Crippen LogP contribution is 2.49. The molecule has 0 spiro atoms. The summed E-state index contributed by atoms with van der Waals surface area (Å²) in [5.74, 6) is 2.95. The Balaban J connectivity index is 1.98. The topological polar surface area (TPSA) is 27.7 Å². The zero-order valence-electron chi connectivity index (χ0n) is 13.8. The van der Waals surface area contributed by atoms with Crippen molar-refractivity contribution in [2.45, 2.75) is 25.4 Å². The minimum Gasteiger partial charge on any atom is -0.497 e. The summed E-state index contributed by atoms with van der Waals surface area (Å²) in [7, 11) is 3.37. The predicted octanol–water partition coefficient (Wildman–Crippen LogP) is 4.67. The van der Waals surface area contributed by atoms with E-state index in [-0.39, 0.29) is 12.0 Å². The van der Waals surface area contributed by atoms with E-state index in [0.29, 0.717) is 0 Å². The predicted molar refractivity (Wildman–Crippen MR) is 91.7 cm³/mol. The maximum Gasteiger partial charge on any atom is 0.130 e. The molecule has 0 radical (unpaired) electrons. The number of rotatable bonds is 5. The molecular formula is C20H22O3. The molecule has 2 aromatic rings. The number of allylic oxidation sites excluding steroid dienone is 1. The van der Waals surface area contributed by atoms with Crippen molar-refractivity contribution in [3.63, 3.8) is 0 Å². The molecule has 0 saturated heterocycles. The van der Waals surface area contributed by atoms with Crippen LogP contribution >= 0.6 is 0 Å². The SMILES string of the molecule is C=CCc1cc(OC)cc2c1O[C@H](c1ccc(OC)cc1)[C@H]2C. The van der Waals surface area contributed by atoms with E-state index in [4.69, 9.17) is 14.2 Å². The van der Waals surface area contributed by atoms with Gasteiger partial charge in [-0.05, 0) is 36.2 Å². The second-order valence-electron chi connectivity index (χ2n) is 5.80. The number of hydrogen-bond acceptors (Lipinski definition) is 3. The first kappa shape index (κ1) is 15.5. The summed E-state index contributed by atoms with van der Waals surface area (Å²) in [4.78, 5) is 0. The minimum atomic E-state index is 0.00609. The molecule has 0 bridgehead atoms. The highest BCUT2D eigenvalue weighted by molar-refractivity contribution is 5.53. The Bertz CT molecular complexity index is 704. The molecule has 120 valence electrons. The van der Waals surface area contributed by atoms with Crippen molar-refractivity contribution < 1.29 is 14.2 Å². The molecule has 0 fully saturated rings. The summed E-state index contributed by atoms with van der Waals surface area (Å²) in [6, 6.07) is 12.2. The van der Waals surface area contributed by atoms with Crippen LogP contribution in [0.4, 0.5) is 0 Å². The smallest absolute Gasteiger partial charge is 0.130 e. The van der Waals surface area contributed by atoms with E-state index in [2.05, 4.69) is 31.7 Å². The van der Waals surface area contributed by atoms with Gasteiger partial charge in [0.15, 0.2) is 0 Å². The van der Waals surface area contributed by atoms with Crippen LogP contribution in [-0.4, -0.2) is 14.2 Å². The summed E-state index contributed by atoms with van der Waals surface area (Å²) < 4.78 is 17.0. The van der Waals surface area contributed by atoms with Crippen molar-refractivity contribution in [2.24, 2.45) is 0 Å². The normalized spacial score (nSPS) is 18.9. The molecule has 0 N–H and O–H groups in total. The Morgan fingerprint density at radius 3 is 2.39 bits per heavy atom. The Labute approximate surface area is 137 Å². The Kier molecular flexibility index (Phi) is 4.28. The van der Waals surface area contributed by atoms with Gasteiger partial charge in [0, 0.05) is 17.0 Å². The number of ether oxygens (including phenoxy) is 3. The highest BCUT2D eigenvalue weighted by atomic mass is 16.5. The molecule has 3 rings (SSSR count). The van der Waals surface area contributed by atoms with Gasteiger partial charge in [0.25, 0.3) is 0 Å². The van der Waals surface area contributed by atoms with Crippen LogP contribution in [0.25, 0.3) is 0 Å². The summed E-state index contributed by atoms with van der Waals surface area (Å²) >= 11 is 0. The molecule has 1 aliphatic heterocycles.